The summed E-state index contributed by atoms with van der Waals surface area (Å²) in [4.78, 5) is 0. The van der Waals surface area contributed by atoms with Crippen molar-refractivity contribution in [1.29, 1.82) is 0 Å². The fourth-order valence-electron chi connectivity index (χ4n) is 1.56. The maximum Gasteiger partial charge on any atom is 0.215 e. The van der Waals surface area contributed by atoms with Gasteiger partial charge in [0.1, 0.15) is 0 Å². The minimum absolute atomic E-state index is 0.00709. The zero-order chi connectivity index (χ0) is 10.4. The quantitative estimate of drug-likeness (QED) is 0.643. The number of hydrogen-bond acceptors (Lipinski definition) is 3. The van der Waals surface area contributed by atoms with Crippen molar-refractivity contribution >= 4 is 10.0 Å². The van der Waals surface area contributed by atoms with Gasteiger partial charge in [0, 0.05) is 6.54 Å². The predicted octanol–water partition coefficient (Wildman–Crippen LogP) is 0.0914. The summed E-state index contributed by atoms with van der Waals surface area (Å²) >= 11 is 0. The molecule has 1 fully saturated rings. The van der Waals surface area contributed by atoms with Crippen LogP contribution in [0.3, 0.4) is 0 Å². The van der Waals surface area contributed by atoms with Gasteiger partial charge >= 0.3 is 0 Å². The van der Waals surface area contributed by atoms with Crippen LogP contribution in [0.4, 0.5) is 0 Å². The van der Waals surface area contributed by atoms with Crippen molar-refractivity contribution in [2.24, 2.45) is 5.92 Å². The monoisotopic (exact) mass is 218 g/mol. The zero-order valence-corrected chi connectivity index (χ0v) is 9.15. The summed E-state index contributed by atoms with van der Waals surface area (Å²) in [6, 6.07) is 0. The Balaban J connectivity index is 2.28. The van der Waals surface area contributed by atoms with E-state index in [0.29, 0.717) is 12.5 Å². The van der Waals surface area contributed by atoms with Crippen LogP contribution in [-0.2, 0) is 10.0 Å². The van der Waals surface area contributed by atoms with E-state index in [1.54, 1.807) is 0 Å². The Bertz CT molecular complexity index is 269. The fourth-order valence-corrected chi connectivity index (χ4v) is 2.47. The van der Waals surface area contributed by atoms with Crippen LogP contribution in [0.15, 0.2) is 12.7 Å². The predicted molar refractivity (Wildman–Crippen MR) is 57.6 cm³/mol. The van der Waals surface area contributed by atoms with Gasteiger partial charge in [-0.3, -0.25) is 0 Å². The number of nitrogens with one attached hydrogen (secondary N) is 2. The molecule has 0 aromatic heterocycles. The van der Waals surface area contributed by atoms with Gasteiger partial charge in [0.2, 0.25) is 10.0 Å². The second-order valence-electron chi connectivity index (χ2n) is 3.63. The molecule has 1 rings (SSSR count). The van der Waals surface area contributed by atoms with Crippen molar-refractivity contribution in [3.05, 3.63) is 12.7 Å². The molecule has 82 valence electrons. The van der Waals surface area contributed by atoms with Crippen molar-refractivity contribution in [1.82, 2.24) is 10.0 Å². The normalized spacial score (nSPS) is 23.3. The van der Waals surface area contributed by atoms with Crippen LogP contribution in [0.5, 0.6) is 0 Å². The van der Waals surface area contributed by atoms with Gasteiger partial charge in [-0.25, -0.2) is 13.1 Å². The highest BCUT2D eigenvalue weighted by Gasteiger charge is 2.15. The molecule has 0 amide bonds. The number of sulfonamides is 1. The molecule has 5 heteroatoms. The molecule has 0 bridgehead atoms. The van der Waals surface area contributed by atoms with E-state index in [2.05, 4.69) is 16.6 Å². The molecule has 1 heterocycles. The van der Waals surface area contributed by atoms with E-state index in [-0.39, 0.29) is 5.75 Å². The summed E-state index contributed by atoms with van der Waals surface area (Å²) in [5.74, 6) is 0.441. The summed E-state index contributed by atoms with van der Waals surface area (Å²) in [7, 11) is -3.13. The minimum atomic E-state index is -3.13. The SMILES string of the molecule is C=CCS(=O)(=O)NCC1CCCNC1. The minimum Gasteiger partial charge on any atom is -0.316 e. The molecule has 0 aromatic rings. The van der Waals surface area contributed by atoms with Crippen molar-refractivity contribution < 1.29 is 8.42 Å². The Morgan fingerprint density at radius 2 is 2.36 bits per heavy atom. The van der Waals surface area contributed by atoms with Crippen molar-refractivity contribution in [3.8, 4) is 0 Å². The molecule has 0 aromatic carbocycles. The highest BCUT2D eigenvalue weighted by molar-refractivity contribution is 7.89. The van der Waals surface area contributed by atoms with Gasteiger partial charge in [-0.05, 0) is 31.8 Å². The van der Waals surface area contributed by atoms with E-state index >= 15 is 0 Å². The lowest BCUT2D eigenvalue weighted by molar-refractivity contribution is 0.376. The highest BCUT2D eigenvalue weighted by Crippen LogP contribution is 2.08. The fraction of sp³-hybridized carbons (Fsp3) is 0.778. The smallest absolute Gasteiger partial charge is 0.215 e. The molecular weight excluding hydrogens is 200 g/mol. The van der Waals surface area contributed by atoms with E-state index in [4.69, 9.17) is 0 Å². The van der Waals surface area contributed by atoms with Gasteiger partial charge in [-0.1, -0.05) is 6.08 Å². The third-order valence-electron chi connectivity index (χ3n) is 2.33. The molecule has 0 spiro atoms. The first-order chi connectivity index (χ1) is 6.64. The van der Waals surface area contributed by atoms with Crippen LogP contribution in [0.25, 0.3) is 0 Å². The van der Waals surface area contributed by atoms with Crippen LogP contribution in [-0.4, -0.2) is 33.8 Å². The first kappa shape index (κ1) is 11.7. The van der Waals surface area contributed by atoms with Gasteiger partial charge < -0.3 is 5.32 Å². The van der Waals surface area contributed by atoms with Gasteiger partial charge in [-0.2, -0.15) is 0 Å². The first-order valence-corrected chi connectivity index (χ1v) is 6.58. The van der Waals surface area contributed by atoms with Gasteiger partial charge in [0.05, 0.1) is 5.75 Å². The van der Waals surface area contributed by atoms with Crippen LogP contribution in [0, 0.1) is 5.92 Å². The first-order valence-electron chi connectivity index (χ1n) is 4.93. The standard InChI is InChI=1S/C9H18N2O2S/c1-2-6-14(12,13)11-8-9-4-3-5-10-7-9/h2,9-11H,1,3-8H2. The molecule has 0 saturated carbocycles. The Morgan fingerprint density at radius 3 is 2.93 bits per heavy atom. The second kappa shape index (κ2) is 5.48. The summed E-state index contributed by atoms with van der Waals surface area (Å²) in [6.45, 7) is 5.92. The topological polar surface area (TPSA) is 58.2 Å². The molecule has 1 saturated heterocycles. The van der Waals surface area contributed by atoms with Crippen LogP contribution in [0.2, 0.25) is 0 Å². The lowest BCUT2D eigenvalue weighted by Crippen LogP contribution is -2.38. The molecule has 0 radical (unpaired) electrons. The van der Waals surface area contributed by atoms with Gasteiger partial charge in [0.15, 0.2) is 0 Å². The van der Waals surface area contributed by atoms with Gasteiger partial charge in [-0.15, -0.1) is 6.58 Å². The lowest BCUT2D eigenvalue weighted by Gasteiger charge is -2.22. The molecule has 1 atom stereocenters. The number of rotatable bonds is 5. The lowest BCUT2D eigenvalue weighted by atomic mass is 10.0. The zero-order valence-electron chi connectivity index (χ0n) is 8.33. The summed E-state index contributed by atoms with van der Waals surface area (Å²) < 4.78 is 25.1. The van der Waals surface area contributed by atoms with E-state index < -0.39 is 10.0 Å². The van der Waals surface area contributed by atoms with Crippen molar-refractivity contribution in [2.45, 2.75) is 12.8 Å². The van der Waals surface area contributed by atoms with E-state index in [0.717, 1.165) is 25.9 Å². The van der Waals surface area contributed by atoms with Crippen molar-refractivity contribution in [3.63, 3.8) is 0 Å². The molecule has 1 aliphatic rings. The summed E-state index contributed by atoms with van der Waals surface area (Å²) in [6.07, 6.45) is 3.64. The molecule has 0 aliphatic carbocycles. The Hall–Kier alpha value is -0.390. The van der Waals surface area contributed by atoms with Crippen molar-refractivity contribution in [2.75, 3.05) is 25.4 Å². The highest BCUT2D eigenvalue weighted by atomic mass is 32.2. The molecule has 2 N–H and O–H groups in total. The van der Waals surface area contributed by atoms with E-state index in [1.165, 1.54) is 6.08 Å². The van der Waals surface area contributed by atoms with E-state index in [1.807, 2.05) is 0 Å². The molecule has 14 heavy (non-hydrogen) atoms. The summed E-state index contributed by atoms with van der Waals surface area (Å²) in [5, 5.41) is 3.25. The number of piperidine rings is 1. The van der Waals surface area contributed by atoms with Crippen LogP contribution in [0.1, 0.15) is 12.8 Å². The maximum absolute atomic E-state index is 11.3. The molecule has 1 aliphatic heterocycles. The maximum atomic E-state index is 11.3. The molecular formula is C9H18N2O2S. The largest absolute Gasteiger partial charge is 0.316 e. The molecule has 1 unspecified atom stereocenters. The Labute approximate surface area is 85.8 Å². The third-order valence-corrected chi connectivity index (χ3v) is 3.61. The average Bonchev–Trinajstić information content (AvgIpc) is 2.17. The second-order valence-corrected chi connectivity index (χ2v) is 5.48. The number of hydrogen-bond donors (Lipinski definition) is 2. The Morgan fingerprint density at radius 1 is 1.57 bits per heavy atom. The Kier molecular flexibility index (Phi) is 4.57. The third kappa shape index (κ3) is 4.21. The van der Waals surface area contributed by atoms with Gasteiger partial charge in [0.25, 0.3) is 0 Å². The van der Waals surface area contributed by atoms with E-state index in [9.17, 15) is 8.42 Å². The van der Waals surface area contributed by atoms with Crippen LogP contribution >= 0.6 is 0 Å². The molecule has 4 nitrogen and oxygen atoms in total. The average molecular weight is 218 g/mol. The summed E-state index contributed by atoms with van der Waals surface area (Å²) in [5.41, 5.74) is 0. The van der Waals surface area contributed by atoms with Crippen LogP contribution < -0.4 is 10.0 Å².